The van der Waals surface area contributed by atoms with Crippen molar-refractivity contribution in [3.63, 3.8) is 0 Å². The van der Waals surface area contributed by atoms with Crippen molar-refractivity contribution in [1.82, 2.24) is 14.7 Å². The van der Waals surface area contributed by atoms with Crippen molar-refractivity contribution in [3.05, 3.63) is 70.7 Å². The molecular formula is C17H17N3OS. The number of carbonyl (C=O) groups excluding carboxylic acids is 1. The summed E-state index contributed by atoms with van der Waals surface area (Å²) in [6, 6.07) is 13.9. The molecule has 0 bridgehead atoms. The first kappa shape index (κ1) is 14.5. The van der Waals surface area contributed by atoms with E-state index in [2.05, 4.69) is 5.10 Å². The zero-order valence-electron chi connectivity index (χ0n) is 12.5. The Balaban J connectivity index is 1.80. The van der Waals surface area contributed by atoms with Gasteiger partial charge in [-0.3, -0.25) is 4.79 Å². The number of aromatic nitrogens is 2. The Morgan fingerprint density at radius 2 is 2.00 bits per heavy atom. The zero-order valence-corrected chi connectivity index (χ0v) is 13.3. The van der Waals surface area contributed by atoms with Crippen molar-refractivity contribution in [2.75, 3.05) is 7.05 Å². The van der Waals surface area contributed by atoms with E-state index in [-0.39, 0.29) is 11.9 Å². The summed E-state index contributed by atoms with van der Waals surface area (Å²) in [6.45, 7) is 2.03. The van der Waals surface area contributed by atoms with Crippen LogP contribution in [0.2, 0.25) is 0 Å². The molecule has 0 radical (unpaired) electrons. The third-order valence-corrected chi connectivity index (χ3v) is 4.75. The monoisotopic (exact) mass is 311 g/mol. The van der Waals surface area contributed by atoms with Gasteiger partial charge in [0.05, 0.1) is 23.5 Å². The zero-order chi connectivity index (χ0) is 15.5. The lowest BCUT2D eigenvalue weighted by atomic mass is 10.2. The highest BCUT2D eigenvalue weighted by molar-refractivity contribution is 7.10. The Morgan fingerprint density at radius 3 is 2.68 bits per heavy atom. The molecule has 4 nitrogen and oxygen atoms in total. The highest BCUT2D eigenvalue weighted by Crippen LogP contribution is 2.24. The second kappa shape index (κ2) is 6.15. The molecule has 0 saturated carbocycles. The molecule has 0 aliphatic carbocycles. The fraction of sp³-hybridized carbons (Fsp3) is 0.176. The Bertz CT molecular complexity index is 749. The highest BCUT2D eigenvalue weighted by Gasteiger charge is 2.20. The fourth-order valence-electron chi connectivity index (χ4n) is 2.25. The second-order valence-corrected chi connectivity index (χ2v) is 6.10. The first-order valence-electron chi connectivity index (χ1n) is 7.07. The van der Waals surface area contributed by atoms with E-state index in [4.69, 9.17) is 0 Å². The molecule has 0 saturated heterocycles. The lowest BCUT2D eigenvalue weighted by Crippen LogP contribution is -2.28. The van der Waals surface area contributed by atoms with Gasteiger partial charge in [-0.15, -0.1) is 11.3 Å². The van der Waals surface area contributed by atoms with Gasteiger partial charge in [0.2, 0.25) is 0 Å². The standard InChI is InChI=1S/C17H17N3OS/c1-13(16-9-6-10-22-16)19(2)17(21)14-11-18-20(12-14)15-7-4-3-5-8-15/h3-13H,1-2H3. The number of thiophene rings is 1. The molecule has 0 N–H and O–H groups in total. The van der Waals surface area contributed by atoms with Crippen LogP contribution in [0.25, 0.3) is 5.69 Å². The molecular weight excluding hydrogens is 294 g/mol. The van der Waals surface area contributed by atoms with Crippen LogP contribution in [-0.4, -0.2) is 27.6 Å². The van der Waals surface area contributed by atoms with Crippen molar-refractivity contribution in [1.29, 1.82) is 0 Å². The molecule has 0 fully saturated rings. The van der Waals surface area contributed by atoms with Crippen LogP contribution in [0.5, 0.6) is 0 Å². The SMILES string of the molecule is CC(c1cccs1)N(C)C(=O)c1cnn(-c2ccccc2)c1. The molecule has 22 heavy (non-hydrogen) atoms. The normalized spacial score (nSPS) is 12.1. The molecule has 3 aromatic rings. The summed E-state index contributed by atoms with van der Waals surface area (Å²) in [5.74, 6) is -0.0249. The summed E-state index contributed by atoms with van der Waals surface area (Å²) < 4.78 is 1.72. The summed E-state index contributed by atoms with van der Waals surface area (Å²) in [6.07, 6.45) is 3.39. The predicted molar refractivity (Wildman–Crippen MR) is 88.4 cm³/mol. The smallest absolute Gasteiger partial charge is 0.257 e. The quantitative estimate of drug-likeness (QED) is 0.735. The average Bonchev–Trinajstić information content (AvgIpc) is 3.25. The minimum atomic E-state index is -0.0249. The van der Waals surface area contributed by atoms with Crippen LogP contribution >= 0.6 is 11.3 Å². The number of carbonyl (C=O) groups is 1. The van der Waals surface area contributed by atoms with E-state index in [0.717, 1.165) is 5.69 Å². The summed E-state index contributed by atoms with van der Waals surface area (Å²) in [5.41, 5.74) is 1.53. The summed E-state index contributed by atoms with van der Waals surface area (Å²) >= 11 is 1.66. The maximum Gasteiger partial charge on any atom is 0.257 e. The topological polar surface area (TPSA) is 38.1 Å². The number of hydrogen-bond acceptors (Lipinski definition) is 3. The van der Waals surface area contributed by atoms with Crippen molar-refractivity contribution in [2.45, 2.75) is 13.0 Å². The van der Waals surface area contributed by atoms with Gasteiger partial charge < -0.3 is 4.90 Å². The molecule has 0 aliphatic rings. The number of hydrogen-bond donors (Lipinski definition) is 0. The Hall–Kier alpha value is -2.40. The van der Waals surface area contributed by atoms with Gasteiger partial charge in [-0.05, 0) is 30.5 Å². The fourth-order valence-corrected chi connectivity index (χ4v) is 3.08. The second-order valence-electron chi connectivity index (χ2n) is 5.12. The van der Waals surface area contributed by atoms with E-state index >= 15 is 0 Å². The minimum Gasteiger partial charge on any atom is -0.334 e. The molecule has 2 aromatic heterocycles. The van der Waals surface area contributed by atoms with Gasteiger partial charge in [0.25, 0.3) is 5.91 Å². The van der Waals surface area contributed by atoms with Crippen LogP contribution in [-0.2, 0) is 0 Å². The van der Waals surface area contributed by atoms with E-state index in [1.54, 1.807) is 33.3 Å². The van der Waals surface area contributed by atoms with E-state index in [0.29, 0.717) is 5.56 Å². The summed E-state index contributed by atoms with van der Waals surface area (Å²) in [4.78, 5) is 15.5. The summed E-state index contributed by atoms with van der Waals surface area (Å²) in [5, 5.41) is 6.31. The number of amides is 1. The highest BCUT2D eigenvalue weighted by atomic mass is 32.1. The third kappa shape index (κ3) is 2.80. The molecule has 1 amide bonds. The molecule has 1 atom stereocenters. The molecule has 5 heteroatoms. The van der Waals surface area contributed by atoms with Crippen molar-refractivity contribution in [3.8, 4) is 5.69 Å². The molecule has 1 unspecified atom stereocenters. The predicted octanol–water partition coefficient (Wildman–Crippen LogP) is 3.77. The largest absolute Gasteiger partial charge is 0.334 e. The lowest BCUT2D eigenvalue weighted by molar-refractivity contribution is 0.0745. The molecule has 3 rings (SSSR count). The van der Waals surface area contributed by atoms with Crippen LogP contribution in [0.15, 0.2) is 60.2 Å². The van der Waals surface area contributed by atoms with Gasteiger partial charge in [-0.25, -0.2) is 4.68 Å². The lowest BCUT2D eigenvalue weighted by Gasteiger charge is -2.23. The number of nitrogens with zero attached hydrogens (tertiary/aromatic N) is 3. The Morgan fingerprint density at radius 1 is 1.23 bits per heavy atom. The molecule has 0 spiro atoms. The third-order valence-electron chi connectivity index (χ3n) is 3.71. The van der Waals surface area contributed by atoms with Crippen LogP contribution in [0.1, 0.15) is 28.2 Å². The van der Waals surface area contributed by atoms with Crippen LogP contribution < -0.4 is 0 Å². The average molecular weight is 311 g/mol. The van der Waals surface area contributed by atoms with Crippen LogP contribution in [0.4, 0.5) is 0 Å². The van der Waals surface area contributed by atoms with E-state index in [1.807, 2.05) is 61.8 Å². The maximum absolute atomic E-state index is 12.6. The maximum atomic E-state index is 12.6. The molecule has 0 aliphatic heterocycles. The van der Waals surface area contributed by atoms with Crippen molar-refractivity contribution < 1.29 is 4.79 Å². The van der Waals surface area contributed by atoms with Crippen LogP contribution in [0, 0.1) is 0 Å². The number of rotatable bonds is 4. The van der Waals surface area contributed by atoms with E-state index in [9.17, 15) is 4.79 Å². The number of para-hydroxylation sites is 1. The first-order valence-corrected chi connectivity index (χ1v) is 7.95. The van der Waals surface area contributed by atoms with Crippen molar-refractivity contribution >= 4 is 17.2 Å². The van der Waals surface area contributed by atoms with Gasteiger partial charge in [0.15, 0.2) is 0 Å². The summed E-state index contributed by atoms with van der Waals surface area (Å²) in [7, 11) is 1.83. The van der Waals surface area contributed by atoms with E-state index in [1.165, 1.54) is 4.88 Å². The van der Waals surface area contributed by atoms with Gasteiger partial charge in [0, 0.05) is 18.1 Å². The molecule has 1 aromatic carbocycles. The van der Waals surface area contributed by atoms with E-state index < -0.39 is 0 Å². The molecule has 2 heterocycles. The first-order chi connectivity index (χ1) is 10.7. The van der Waals surface area contributed by atoms with Crippen LogP contribution in [0.3, 0.4) is 0 Å². The van der Waals surface area contributed by atoms with Gasteiger partial charge >= 0.3 is 0 Å². The minimum absolute atomic E-state index is 0.0249. The van der Waals surface area contributed by atoms with Gasteiger partial charge in [-0.1, -0.05) is 24.3 Å². The Kier molecular flexibility index (Phi) is 4.06. The number of benzene rings is 1. The molecule has 112 valence electrons. The van der Waals surface area contributed by atoms with Crippen molar-refractivity contribution in [2.24, 2.45) is 0 Å². The Labute approximate surface area is 133 Å². The van der Waals surface area contributed by atoms with Gasteiger partial charge in [-0.2, -0.15) is 5.10 Å². The van der Waals surface area contributed by atoms with Gasteiger partial charge in [0.1, 0.15) is 0 Å².